The van der Waals surface area contributed by atoms with Crippen LogP contribution in [0.1, 0.15) is 78.2 Å². The van der Waals surface area contributed by atoms with Crippen LogP contribution in [0.25, 0.3) is 11.0 Å². The molecule has 1 fully saturated rings. The highest BCUT2D eigenvalue weighted by Gasteiger charge is 2.46. The summed E-state index contributed by atoms with van der Waals surface area (Å²) in [4.78, 5) is 59.1. The highest BCUT2D eigenvalue weighted by Crippen LogP contribution is 2.39. The van der Waals surface area contributed by atoms with Crippen molar-refractivity contribution in [3.8, 4) is 0 Å². The van der Waals surface area contributed by atoms with Crippen molar-refractivity contribution in [1.29, 1.82) is 0 Å². The summed E-state index contributed by atoms with van der Waals surface area (Å²) in [5.74, 6) is -3.66. The van der Waals surface area contributed by atoms with Crippen molar-refractivity contribution >= 4 is 52.0 Å². The van der Waals surface area contributed by atoms with E-state index in [1.165, 1.54) is 24.2 Å². The van der Waals surface area contributed by atoms with Crippen molar-refractivity contribution in [3.05, 3.63) is 76.8 Å². The minimum atomic E-state index is -5.03. The zero-order valence-electron chi connectivity index (χ0n) is 29.0. The number of fused-ring (bicyclic) bond motifs is 2. The van der Waals surface area contributed by atoms with Crippen molar-refractivity contribution in [2.24, 2.45) is 0 Å². The number of piperidine rings is 1. The lowest BCUT2D eigenvalue weighted by molar-refractivity contribution is -0.158. The number of aromatic nitrogens is 2. The van der Waals surface area contributed by atoms with Crippen LogP contribution in [0.3, 0.4) is 0 Å². The Morgan fingerprint density at radius 3 is 2.43 bits per heavy atom. The second-order valence-electron chi connectivity index (χ2n) is 13.1. The smallest absolute Gasteiger partial charge is 0.416 e. The molecule has 0 aliphatic carbocycles. The average Bonchev–Trinajstić information content (AvgIpc) is 3.63. The summed E-state index contributed by atoms with van der Waals surface area (Å²) >= 11 is 0. The number of halogens is 5. The molecule has 0 bridgehead atoms. The fourth-order valence-electron chi connectivity index (χ4n) is 6.57. The summed E-state index contributed by atoms with van der Waals surface area (Å²) in [6.07, 6.45) is 2.49. The highest BCUT2D eigenvalue weighted by molar-refractivity contribution is 6.06. The minimum absolute atomic E-state index is 0.0146. The molecule has 1 unspecified atom stereocenters. The predicted molar refractivity (Wildman–Crippen MR) is 186 cm³/mol. The van der Waals surface area contributed by atoms with E-state index in [1.807, 2.05) is 6.07 Å². The van der Waals surface area contributed by atoms with Gasteiger partial charge in [0.2, 0.25) is 17.8 Å². The van der Waals surface area contributed by atoms with Crippen LogP contribution in [0.5, 0.6) is 0 Å². The van der Waals surface area contributed by atoms with Crippen LogP contribution in [0, 0.1) is 18.6 Å². The van der Waals surface area contributed by atoms with Crippen LogP contribution in [0.15, 0.2) is 47.1 Å². The summed E-state index contributed by atoms with van der Waals surface area (Å²) in [7, 11) is 0. The summed E-state index contributed by atoms with van der Waals surface area (Å²) in [6.45, 7) is 2.77. The molecular formula is C36H37F5N8O5. The van der Waals surface area contributed by atoms with Gasteiger partial charge >= 0.3 is 12.2 Å². The van der Waals surface area contributed by atoms with Crippen molar-refractivity contribution in [2.45, 2.75) is 76.7 Å². The van der Waals surface area contributed by atoms with Gasteiger partial charge < -0.3 is 30.6 Å². The molecule has 1 saturated heterocycles. The fourth-order valence-corrected chi connectivity index (χ4v) is 6.57. The van der Waals surface area contributed by atoms with E-state index in [0.29, 0.717) is 37.7 Å². The third kappa shape index (κ3) is 8.52. The van der Waals surface area contributed by atoms with Gasteiger partial charge in [0, 0.05) is 59.9 Å². The van der Waals surface area contributed by atoms with E-state index in [4.69, 9.17) is 4.42 Å². The standard InChI is InChI=1S/C36H37F5N8O5/c1-19-23-14-20(37)15-25(38)30(23)54-29(19)31(36(39,40)41)48-35(53)46-21-16-44-34(45-17-21)43-13-6-4-2-3-5-12-42-26-9-7-8-22-24(26)18-49(33(22)52)27-10-11-28(50)47-32(27)51/h7-9,14-17,27,31,42H,2-6,10-13,18H2,1H3,(H,43,44,45)(H2,46,48,53)(H,47,50,51)/t27?,31-/m1/s1. The number of carbonyl (C=O) groups is 4. The predicted octanol–water partition coefficient (Wildman–Crippen LogP) is 6.47. The molecule has 4 heterocycles. The van der Waals surface area contributed by atoms with E-state index in [-0.39, 0.29) is 40.8 Å². The van der Waals surface area contributed by atoms with Crippen LogP contribution >= 0.6 is 0 Å². The molecule has 4 aromatic rings. The Kier molecular flexibility index (Phi) is 11.3. The number of alkyl halides is 3. The Labute approximate surface area is 305 Å². The quantitative estimate of drug-likeness (QED) is 0.0550. The molecule has 2 atom stereocenters. The first-order valence-corrected chi connectivity index (χ1v) is 17.4. The Bertz CT molecular complexity index is 2060. The van der Waals surface area contributed by atoms with Crippen LogP contribution in [-0.4, -0.2) is 63.9 Å². The van der Waals surface area contributed by atoms with Crippen molar-refractivity contribution in [2.75, 3.05) is 29.0 Å². The Morgan fingerprint density at radius 1 is 1.02 bits per heavy atom. The van der Waals surface area contributed by atoms with Gasteiger partial charge in [0.25, 0.3) is 5.91 Å². The zero-order valence-corrected chi connectivity index (χ0v) is 29.0. The van der Waals surface area contributed by atoms with E-state index in [0.717, 1.165) is 49.4 Å². The van der Waals surface area contributed by atoms with Gasteiger partial charge in [0.15, 0.2) is 17.4 Å². The number of carbonyl (C=O) groups excluding carboxylic acids is 4. The van der Waals surface area contributed by atoms with Crippen molar-refractivity contribution in [3.63, 3.8) is 0 Å². The summed E-state index contributed by atoms with van der Waals surface area (Å²) < 4.78 is 74.8. The van der Waals surface area contributed by atoms with E-state index < -0.39 is 53.2 Å². The molecule has 2 aromatic heterocycles. The molecule has 286 valence electrons. The first kappa shape index (κ1) is 37.9. The van der Waals surface area contributed by atoms with Gasteiger partial charge in [-0.3, -0.25) is 19.7 Å². The van der Waals surface area contributed by atoms with Gasteiger partial charge in [-0.1, -0.05) is 25.3 Å². The molecule has 18 heteroatoms. The molecule has 2 aliphatic rings. The summed E-state index contributed by atoms with van der Waals surface area (Å²) in [5, 5.41) is 12.6. The molecule has 2 aliphatic heterocycles. The van der Waals surface area contributed by atoms with Gasteiger partial charge in [-0.25, -0.2) is 23.5 Å². The minimum Gasteiger partial charge on any atom is -0.455 e. The molecule has 13 nitrogen and oxygen atoms in total. The lowest BCUT2D eigenvalue weighted by Crippen LogP contribution is -2.52. The van der Waals surface area contributed by atoms with E-state index in [2.05, 4.69) is 31.2 Å². The molecular weight excluding hydrogens is 719 g/mol. The number of nitrogens with one attached hydrogen (secondary N) is 5. The van der Waals surface area contributed by atoms with E-state index >= 15 is 0 Å². The number of benzene rings is 2. The number of rotatable bonds is 14. The monoisotopic (exact) mass is 756 g/mol. The molecule has 5 amide bonds. The maximum Gasteiger partial charge on any atom is 0.416 e. The first-order chi connectivity index (χ1) is 25.8. The third-order valence-corrected chi connectivity index (χ3v) is 9.30. The topological polar surface area (TPSA) is 171 Å². The summed E-state index contributed by atoms with van der Waals surface area (Å²) in [6, 6.07) is 2.24. The van der Waals surface area contributed by atoms with E-state index in [9.17, 15) is 41.1 Å². The number of hydrogen-bond acceptors (Lipinski definition) is 9. The SMILES string of the molecule is Cc1c([C@@H](NC(=O)Nc2cnc(NCCCCCCCNc3cccc4c3CN(C3CCC(=O)NC3=O)C4=O)nc2)C(F)(F)F)oc2c(F)cc(F)cc12. The van der Waals surface area contributed by atoms with Crippen molar-refractivity contribution in [1.82, 2.24) is 25.5 Å². The number of unbranched alkanes of at least 4 members (excludes halogenated alkanes) is 4. The normalized spacial score (nSPS) is 16.3. The largest absolute Gasteiger partial charge is 0.455 e. The summed E-state index contributed by atoms with van der Waals surface area (Å²) in [5.41, 5.74) is 1.54. The maximum atomic E-state index is 14.2. The molecule has 0 spiro atoms. The van der Waals surface area contributed by atoms with Gasteiger partial charge in [-0.2, -0.15) is 13.2 Å². The van der Waals surface area contributed by atoms with Crippen molar-refractivity contribution < 1.29 is 45.5 Å². The number of urea groups is 1. The molecule has 2 aromatic carbocycles. The fraction of sp³-hybridized carbons (Fsp3) is 0.389. The maximum absolute atomic E-state index is 14.2. The number of aryl methyl sites for hydroxylation is 1. The van der Waals surface area contributed by atoms with Crippen LogP contribution in [-0.2, 0) is 16.1 Å². The van der Waals surface area contributed by atoms with Gasteiger partial charge in [0.1, 0.15) is 17.6 Å². The molecule has 54 heavy (non-hydrogen) atoms. The Morgan fingerprint density at radius 2 is 1.72 bits per heavy atom. The van der Waals surface area contributed by atoms with Crippen LogP contribution < -0.4 is 26.6 Å². The number of amides is 5. The second kappa shape index (κ2) is 16.1. The van der Waals surface area contributed by atoms with Gasteiger partial charge in [-0.15, -0.1) is 0 Å². The van der Waals surface area contributed by atoms with Gasteiger partial charge in [-0.05, 0) is 44.4 Å². The zero-order chi connectivity index (χ0) is 38.6. The van der Waals surface area contributed by atoms with Gasteiger partial charge in [0.05, 0.1) is 18.1 Å². The van der Waals surface area contributed by atoms with Crippen LogP contribution in [0.4, 0.5) is 44.1 Å². The highest BCUT2D eigenvalue weighted by atomic mass is 19.4. The molecule has 6 rings (SSSR count). The number of hydrogen-bond donors (Lipinski definition) is 5. The number of imide groups is 1. The number of furan rings is 1. The molecule has 0 radical (unpaired) electrons. The molecule has 5 N–H and O–H groups in total. The lowest BCUT2D eigenvalue weighted by atomic mass is 10.0. The second-order valence-corrected chi connectivity index (χ2v) is 13.1. The van der Waals surface area contributed by atoms with Crippen LogP contribution in [0.2, 0.25) is 0 Å². The van der Waals surface area contributed by atoms with E-state index in [1.54, 1.807) is 17.4 Å². The Hall–Kier alpha value is -5.81. The first-order valence-electron chi connectivity index (χ1n) is 17.4. The molecule has 0 saturated carbocycles. The Balaban J connectivity index is 0.888. The number of anilines is 3. The lowest BCUT2D eigenvalue weighted by Gasteiger charge is -2.29. The number of nitrogens with zero attached hydrogens (tertiary/aromatic N) is 3. The third-order valence-electron chi connectivity index (χ3n) is 9.30. The average molecular weight is 757 g/mol.